The summed E-state index contributed by atoms with van der Waals surface area (Å²) >= 11 is 0. The van der Waals surface area contributed by atoms with E-state index in [1.54, 1.807) is 13.0 Å². The van der Waals surface area contributed by atoms with E-state index in [-0.39, 0.29) is 5.78 Å². The Morgan fingerprint density at radius 2 is 1.91 bits per heavy atom. The molecule has 0 fully saturated rings. The van der Waals surface area contributed by atoms with E-state index in [0.717, 1.165) is 5.57 Å². The molecule has 0 saturated heterocycles. The van der Waals surface area contributed by atoms with E-state index in [1.807, 2.05) is 0 Å². The van der Waals surface area contributed by atoms with Crippen molar-refractivity contribution in [3.05, 3.63) is 37.0 Å². The summed E-state index contributed by atoms with van der Waals surface area (Å²) in [6, 6.07) is 0. The van der Waals surface area contributed by atoms with Crippen LogP contribution in [0.5, 0.6) is 0 Å². The highest BCUT2D eigenvalue weighted by Crippen LogP contribution is 2.06. The van der Waals surface area contributed by atoms with Crippen LogP contribution in [0.2, 0.25) is 0 Å². The first-order valence-corrected chi connectivity index (χ1v) is 3.57. The monoisotopic (exact) mass is 150 g/mol. The quantitative estimate of drug-likeness (QED) is 0.435. The van der Waals surface area contributed by atoms with Crippen LogP contribution < -0.4 is 0 Å². The highest BCUT2D eigenvalue weighted by atomic mass is 16.1. The molecule has 0 aromatic carbocycles. The zero-order chi connectivity index (χ0) is 8.85. The molecule has 0 radical (unpaired) electrons. The number of Topliss-reactive ketones (excluding diaryl/α,β-unsaturated/α-hetero) is 1. The van der Waals surface area contributed by atoms with E-state index in [9.17, 15) is 4.79 Å². The van der Waals surface area contributed by atoms with Crippen molar-refractivity contribution in [1.29, 1.82) is 0 Å². The number of allylic oxidation sites excluding steroid dienone is 3. The minimum absolute atomic E-state index is 0.105. The molecular weight excluding hydrogens is 136 g/mol. The summed E-state index contributed by atoms with van der Waals surface area (Å²) in [5.41, 5.74) is 1.52. The normalized spacial score (nSPS) is 8.82. The predicted molar refractivity (Wildman–Crippen MR) is 48.4 cm³/mol. The molecule has 0 atom stereocenters. The fourth-order valence-corrected chi connectivity index (χ4v) is 0.590. The zero-order valence-corrected chi connectivity index (χ0v) is 7.02. The van der Waals surface area contributed by atoms with Gasteiger partial charge < -0.3 is 0 Å². The lowest BCUT2D eigenvalue weighted by Gasteiger charge is -1.98. The summed E-state index contributed by atoms with van der Waals surface area (Å²) in [7, 11) is 0. The standard InChI is InChI=1S/C10H14O/c1-5-9(4)6-7-10(11)8(2)3/h5H,1-2,4,6-7H2,3H3. The zero-order valence-electron chi connectivity index (χ0n) is 7.02. The van der Waals surface area contributed by atoms with Crippen LogP contribution in [0.4, 0.5) is 0 Å². The average molecular weight is 150 g/mol. The van der Waals surface area contributed by atoms with Crippen molar-refractivity contribution < 1.29 is 4.79 Å². The lowest BCUT2D eigenvalue weighted by atomic mass is 10.1. The van der Waals surface area contributed by atoms with Gasteiger partial charge in [0, 0.05) is 6.42 Å². The molecule has 0 aliphatic heterocycles. The Morgan fingerprint density at radius 1 is 1.36 bits per heavy atom. The summed E-state index contributed by atoms with van der Waals surface area (Å²) in [6.07, 6.45) is 2.86. The van der Waals surface area contributed by atoms with Crippen LogP contribution in [0.25, 0.3) is 0 Å². The second-order valence-corrected chi connectivity index (χ2v) is 2.57. The van der Waals surface area contributed by atoms with E-state index in [0.29, 0.717) is 18.4 Å². The van der Waals surface area contributed by atoms with Crippen LogP contribution in [0.15, 0.2) is 37.0 Å². The Bertz CT molecular complexity index is 199. The average Bonchev–Trinajstić information content (AvgIpc) is 1.99. The van der Waals surface area contributed by atoms with Crippen molar-refractivity contribution in [2.75, 3.05) is 0 Å². The first-order valence-electron chi connectivity index (χ1n) is 3.57. The summed E-state index contributed by atoms with van der Waals surface area (Å²) < 4.78 is 0. The third-order valence-corrected chi connectivity index (χ3v) is 1.44. The first-order chi connectivity index (χ1) is 5.07. The van der Waals surface area contributed by atoms with Crippen LogP contribution in [0, 0.1) is 0 Å². The van der Waals surface area contributed by atoms with Gasteiger partial charge in [0.1, 0.15) is 0 Å². The van der Waals surface area contributed by atoms with Crippen molar-refractivity contribution in [3.63, 3.8) is 0 Å². The number of ketones is 1. The van der Waals surface area contributed by atoms with Crippen LogP contribution in [0.3, 0.4) is 0 Å². The van der Waals surface area contributed by atoms with E-state index in [2.05, 4.69) is 19.7 Å². The van der Waals surface area contributed by atoms with Crippen LogP contribution in [-0.4, -0.2) is 5.78 Å². The van der Waals surface area contributed by atoms with E-state index in [4.69, 9.17) is 0 Å². The number of rotatable bonds is 5. The Labute approximate surface area is 68.1 Å². The molecule has 0 unspecified atom stereocenters. The molecule has 0 aliphatic carbocycles. The topological polar surface area (TPSA) is 17.1 Å². The summed E-state index contributed by atoms with van der Waals surface area (Å²) in [6.45, 7) is 12.5. The molecule has 0 saturated carbocycles. The second kappa shape index (κ2) is 4.67. The summed E-state index contributed by atoms with van der Waals surface area (Å²) in [5, 5.41) is 0. The molecule has 11 heavy (non-hydrogen) atoms. The molecule has 0 spiro atoms. The third-order valence-electron chi connectivity index (χ3n) is 1.44. The maximum Gasteiger partial charge on any atom is 0.158 e. The van der Waals surface area contributed by atoms with Gasteiger partial charge in [0.25, 0.3) is 0 Å². The lowest BCUT2D eigenvalue weighted by Crippen LogP contribution is -1.97. The largest absolute Gasteiger partial charge is 0.295 e. The van der Waals surface area contributed by atoms with Gasteiger partial charge in [-0.05, 0) is 18.9 Å². The van der Waals surface area contributed by atoms with Crippen LogP contribution in [0.1, 0.15) is 19.8 Å². The molecule has 0 bridgehead atoms. The van der Waals surface area contributed by atoms with Gasteiger partial charge >= 0.3 is 0 Å². The highest BCUT2D eigenvalue weighted by Gasteiger charge is 2.01. The Morgan fingerprint density at radius 3 is 2.27 bits per heavy atom. The van der Waals surface area contributed by atoms with Crippen molar-refractivity contribution in [3.8, 4) is 0 Å². The fraction of sp³-hybridized carbons (Fsp3) is 0.300. The van der Waals surface area contributed by atoms with Gasteiger partial charge in [-0.15, -0.1) is 0 Å². The molecule has 1 heteroatoms. The van der Waals surface area contributed by atoms with Crippen LogP contribution >= 0.6 is 0 Å². The number of hydrogen-bond acceptors (Lipinski definition) is 1. The van der Waals surface area contributed by atoms with Crippen molar-refractivity contribution in [2.45, 2.75) is 19.8 Å². The van der Waals surface area contributed by atoms with Gasteiger partial charge in [-0.3, -0.25) is 4.79 Å². The lowest BCUT2D eigenvalue weighted by molar-refractivity contribution is -0.115. The summed E-state index contributed by atoms with van der Waals surface area (Å²) in [4.78, 5) is 11.0. The third kappa shape index (κ3) is 4.31. The van der Waals surface area contributed by atoms with Gasteiger partial charge in [0.2, 0.25) is 0 Å². The molecule has 0 aliphatic rings. The minimum Gasteiger partial charge on any atom is -0.295 e. The first kappa shape index (κ1) is 9.89. The number of hydrogen-bond donors (Lipinski definition) is 0. The fourth-order valence-electron chi connectivity index (χ4n) is 0.590. The van der Waals surface area contributed by atoms with Gasteiger partial charge in [-0.1, -0.05) is 31.4 Å². The SMILES string of the molecule is C=CC(=C)CCC(=O)C(=C)C. The van der Waals surface area contributed by atoms with Crippen molar-refractivity contribution >= 4 is 5.78 Å². The van der Waals surface area contributed by atoms with Crippen molar-refractivity contribution in [2.24, 2.45) is 0 Å². The molecule has 0 amide bonds. The van der Waals surface area contributed by atoms with Gasteiger partial charge in [0.15, 0.2) is 5.78 Å². The van der Waals surface area contributed by atoms with E-state index < -0.39 is 0 Å². The smallest absolute Gasteiger partial charge is 0.158 e. The predicted octanol–water partition coefficient (Wildman–Crippen LogP) is 2.65. The Kier molecular flexibility index (Phi) is 4.20. The highest BCUT2D eigenvalue weighted by molar-refractivity contribution is 5.94. The molecular formula is C10H14O. The van der Waals surface area contributed by atoms with Crippen molar-refractivity contribution in [1.82, 2.24) is 0 Å². The second-order valence-electron chi connectivity index (χ2n) is 2.57. The van der Waals surface area contributed by atoms with E-state index in [1.165, 1.54) is 0 Å². The molecule has 0 rings (SSSR count). The number of carbonyl (C=O) groups is 1. The molecule has 0 N–H and O–H groups in total. The van der Waals surface area contributed by atoms with Gasteiger partial charge in [-0.2, -0.15) is 0 Å². The minimum atomic E-state index is 0.105. The Balaban J connectivity index is 3.71. The Hall–Kier alpha value is -1.11. The van der Waals surface area contributed by atoms with Gasteiger partial charge in [0.05, 0.1) is 0 Å². The number of carbonyl (C=O) groups excluding carboxylic acids is 1. The summed E-state index contributed by atoms with van der Waals surface area (Å²) in [5.74, 6) is 0.105. The molecule has 0 aromatic rings. The van der Waals surface area contributed by atoms with E-state index >= 15 is 0 Å². The van der Waals surface area contributed by atoms with Gasteiger partial charge in [-0.25, -0.2) is 0 Å². The van der Waals surface area contributed by atoms with Crippen LogP contribution in [-0.2, 0) is 4.79 Å². The molecule has 1 nitrogen and oxygen atoms in total. The molecule has 0 aromatic heterocycles. The maximum absolute atomic E-state index is 11.0. The molecule has 60 valence electrons. The molecule has 0 heterocycles. The maximum atomic E-state index is 11.0.